The fourth-order valence-corrected chi connectivity index (χ4v) is 1.76. The van der Waals surface area contributed by atoms with Crippen molar-refractivity contribution < 1.29 is 4.74 Å². The van der Waals surface area contributed by atoms with Crippen molar-refractivity contribution in [2.24, 2.45) is 0 Å². The van der Waals surface area contributed by atoms with Crippen LogP contribution in [0.2, 0.25) is 0 Å². The Balaban J connectivity index is 1.73. The standard InChI is InChI=1S/C11H18N4O/c1-2-15-9-13-14-11(15)8-12-7-10-5-3-4-6-16-10/h4,6,9-10,12H,2-3,5,7-8H2,1H3. The Kier molecular flexibility index (Phi) is 3.93. The smallest absolute Gasteiger partial charge is 0.146 e. The van der Waals surface area contributed by atoms with Crippen molar-refractivity contribution in [2.75, 3.05) is 6.54 Å². The van der Waals surface area contributed by atoms with Crippen LogP contribution < -0.4 is 5.32 Å². The van der Waals surface area contributed by atoms with Gasteiger partial charge in [0.1, 0.15) is 18.3 Å². The van der Waals surface area contributed by atoms with Crippen molar-refractivity contribution in [3.05, 3.63) is 24.5 Å². The summed E-state index contributed by atoms with van der Waals surface area (Å²) >= 11 is 0. The number of hydrogen-bond donors (Lipinski definition) is 1. The van der Waals surface area contributed by atoms with Gasteiger partial charge in [0, 0.05) is 13.1 Å². The lowest BCUT2D eigenvalue weighted by molar-refractivity contribution is 0.122. The molecule has 5 heteroatoms. The molecular weight excluding hydrogens is 204 g/mol. The van der Waals surface area contributed by atoms with E-state index in [1.807, 2.05) is 4.57 Å². The maximum atomic E-state index is 5.47. The number of rotatable bonds is 5. The highest BCUT2D eigenvalue weighted by Crippen LogP contribution is 2.09. The molecule has 0 bridgehead atoms. The predicted molar refractivity (Wildman–Crippen MR) is 60.6 cm³/mol. The molecule has 0 fully saturated rings. The predicted octanol–water partition coefficient (Wildman–Crippen LogP) is 1.08. The quantitative estimate of drug-likeness (QED) is 0.810. The fraction of sp³-hybridized carbons (Fsp3) is 0.636. The molecule has 2 heterocycles. The molecular formula is C11H18N4O. The first-order valence-electron chi connectivity index (χ1n) is 5.78. The van der Waals surface area contributed by atoms with E-state index in [1.165, 1.54) is 0 Å². The van der Waals surface area contributed by atoms with E-state index in [-0.39, 0.29) is 0 Å². The van der Waals surface area contributed by atoms with E-state index in [0.29, 0.717) is 6.10 Å². The van der Waals surface area contributed by atoms with Crippen molar-refractivity contribution in [2.45, 2.75) is 39.0 Å². The maximum absolute atomic E-state index is 5.47. The summed E-state index contributed by atoms with van der Waals surface area (Å²) in [5.74, 6) is 0.980. The molecule has 1 aromatic heterocycles. The van der Waals surface area contributed by atoms with E-state index in [1.54, 1.807) is 12.6 Å². The molecule has 1 N–H and O–H groups in total. The molecule has 0 aromatic carbocycles. The van der Waals surface area contributed by atoms with E-state index >= 15 is 0 Å². The zero-order chi connectivity index (χ0) is 11.2. The van der Waals surface area contributed by atoms with Gasteiger partial charge in [-0.15, -0.1) is 10.2 Å². The summed E-state index contributed by atoms with van der Waals surface area (Å²) in [4.78, 5) is 0. The van der Waals surface area contributed by atoms with Crippen LogP contribution in [-0.4, -0.2) is 27.4 Å². The van der Waals surface area contributed by atoms with Crippen LogP contribution in [0.5, 0.6) is 0 Å². The SMILES string of the molecule is CCn1cnnc1CNCC1CCC=CO1. The second kappa shape index (κ2) is 5.65. The molecule has 0 aliphatic carbocycles. The lowest BCUT2D eigenvalue weighted by Crippen LogP contribution is -2.29. The first-order chi connectivity index (χ1) is 7.90. The second-order valence-electron chi connectivity index (χ2n) is 3.87. The van der Waals surface area contributed by atoms with Gasteiger partial charge in [-0.3, -0.25) is 0 Å². The number of hydrogen-bond acceptors (Lipinski definition) is 4. The molecule has 1 aliphatic heterocycles. The number of ether oxygens (including phenoxy) is 1. The molecule has 0 saturated heterocycles. The highest BCUT2D eigenvalue weighted by molar-refractivity contribution is 4.86. The number of aromatic nitrogens is 3. The highest BCUT2D eigenvalue weighted by atomic mass is 16.5. The van der Waals surface area contributed by atoms with Crippen LogP contribution in [-0.2, 0) is 17.8 Å². The summed E-state index contributed by atoms with van der Waals surface area (Å²) < 4.78 is 7.50. The summed E-state index contributed by atoms with van der Waals surface area (Å²) in [5, 5.41) is 11.3. The van der Waals surface area contributed by atoms with Crippen LogP contribution in [0.25, 0.3) is 0 Å². The monoisotopic (exact) mass is 222 g/mol. The normalized spacial score (nSPS) is 19.7. The van der Waals surface area contributed by atoms with Crippen molar-refractivity contribution in [1.82, 2.24) is 20.1 Å². The molecule has 2 rings (SSSR count). The Morgan fingerprint density at radius 3 is 3.31 bits per heavy atom. The van der Waals surface area contributed by atoms with Crippen LogP contribution in [0.4, 0.5) is 0 Å². The van der Waals surface area contributed by atoms with Crippen LogP contribution in [0, 0.1) is 0 Å². The van der Waals surface area contributed by atoms with Gasteiger partial charge in [0.2, 0.25) is 0 Å². The molecule has 88 valence electrons. The van der Waals surface area contributed by atoms with E-state index in [4.69, 9.17) is 4.74 Å². The number of aryl methyl sites for hydroxylation is 1. The molecule has 0 amide bonds. The summed E-state index contributed by atoms with van der Waals surface area (Å²) in [6.07, 6.45) is 8.11. The van der Waals surface area contributed by atoms with Crippen molar-refractivity contribution in [1.29, 1.82) is 0 Å². The molecule has 1 aromatic rings. The number of allylic oxidation sites excluding steroid dienone is 1. The third-order valence-electron chi connectivity index (χ3n) is 2.71. The largest absolute Gasteiger partial charge is 0.497 e. The lowest BCUT2D eigenvalue weighted by atomic mass is 10.1. The van der Waals surface area contributed by atoms with E-state index in [2.05, 4.69) is 28.5 Å². The highest BCUT2D eigenvalue weighted by Gasteiger charge is 2.10. The van der Waals surface area contributed by atoms with Crippen LogP contribution in [0.15, 0.2) is 18.7 Å². The van der Waals surface area contributed by atoms with Crippen molar-refractivity contribution in [3.63, 3.8) is 0 Å². The fourth-order valence-electron chi connectivity index (χ4n) is 1.76. The van der Waals surface area contributed by atoms with Crippen molar-refractivity contribution in [3.8, 4) is 0 Å². The molecule has 0 spiro atoms. The van der Waals surface area contributed by atoms with Gasteiger partial charge in [0.05, 0.1) is 12.8 Å². The van der Waals surface area contributed by atoms with Gasteiger partial charge in [-0.05, 0) is 25.8 Å². The molecule has 1 atom stereocenters. The number of nitrogens with zero attached hydrogens (tertiary/aromatic N) is 3. The Bertz CT molecular complexity index is 348. The molecule has 0 radical (unpaired) electrons. The van der Waals surface area contributed by atoms with Gasteiger partial charge in [0.25, 0.3) is 0 Å². The Morgan fingerprint density at radius 2 is 2.56 bits per heavy atom. The third-order valence-corrected chi connectivity index (χ3v) is 2.71. The first kappa shape index (κ1) is 11.1. The summed E-state index contributed by atoms with van der Waals surface area (Å²) in [5.41, 5.74) is 0. The summed E-state index contributed by atoms with van der Waals surface area (Å²) in [6.45, 7) is 4.60. The van der Waals surface area contributed by atoms with Crippen LogP contribution >= 0.6 is 0 Å². The van der Waals surface area contributed by atoms with Gasteiger partial charge in [-0.2, -0.15) is 0 Å². The van der Waals surface area contributed by atoms with E-state index in [0.717, 1.165) is 38.3 Å². The zero-order valence-electron chi connectivity index (χ0n) is 9.59. The van der Waals surface area contributed by atoms with Gasteiger partial charge in [-0.1, -0.05) is 0 Å². The molecule has 1 aliphatic rings. The second-order valence-corrected chi connectivity index (χ2v) is 3.87. The summed E-state index contributed by atoms with van der Waals surface area (Å²) in [6, 6.07) is 0. The minimum absolute atomic E-state index is 0.294. The third kappa shape index (κ3) is 2.82. The average molecular weight is 222 g/mol. The van der Waals surface area contributed by atoms with Gasteiger partial charge >= 0.3 is 0 Å². The molecule has 5 nitrogen and oxygen atoms in total. The zero-order valence-corrected chi connectivity index (χ0v) is 9.59. The first-order valence-corrected chi connectivity index (χ1v) is 5.78. The van der Waals surface area contributed by atoms with Gasteiger partial charge in [0.15, 0.2) is 0 Å². The van der Waals surface area contributed by atoms with E-state index < -0.39 is 0 Å². The molecule has 16 heavy (non-hydrogen) atoms. The average Bonchev–Trinajstić information content (AvgIpc) is 2.78. The lowest BCUT2D eigenvalue weighted by Gasteiger charge is -2.19. The minimum atomic E-state index is 0.294. The van der Waals surface area contributed by atoms with Gasteiger partial charge < -0.3 is 14.6 Å². The van der Waals surface area contributed by atoms with Gasteiger partial charge in [-0.25, -0.2) is 0 Å². The molecule has 0 saturated carbocycles. The Morgan fingerprint density at radius 1 is 1.62 bits per heavy atom. The Labute approximate surface area is 95.5 Å². The maximum Gasteiger partial charge on any atom is 0.146 e. The Hall–Kier alpha value is -1.36. The van der Waals surface area contributed by atoms with E-state index in [9.17, 15) is 0 Å². The van der Waals surface area contributed by atoms with Crippen LogP contribution in [0.1, 0.15) is 25.6 Å². The number of nitrogens with one attached hydrogen (secondary N) is 1. The molecule has 1 unspecified atom stereocenters. The topological polar surface area (TPSA) is 52.0 Å². The minimum Gasteiger partial charge on any atom is -0.497 e. The van der Waals surface area contributed by atoms with Crippen LogP contribution in [0.3, 0.4) is 0 Å². The summed E-state index contributed by atoms with van der Waals surface area (Å²) in [7, 11) is 0. The van der Waals surface area contributed by atoms with Crippen molar-refractivity contribution >= 4 is 0 Å².